The molecular weight excluding hydrogens is 288 g/mol. The molecule has 0 saturated heterocycles. The van der Waals surface area contributed by atoms with Crippen molar-refractivity contribution in [2.75, 3.05) is 26.4 Å². The van der Waals surface area contributed by atoms with Crippen LogP contribution in [0.25, 0.3) is 0 Å². The quantitative estimate of drug-likeness (QED) is 0.344. The van der Waals surface area contributed by atoms with Crippen LogP contribution >= 0.6 is 0 Å². The minimum atomic E-state index is 0.0933. The standard InChI is InChI=1S/C20H42O3/c1-4-7-9-10-12-20(23-18-17-22-16-15-21)14-13-19(6-3)11-8-5-2/h19-21H,4-18H2,1-3H3. The number of unbranched alkanes of at least 4 members (excludes halogenated alkanes) is 4. The molecule has 0 fully saturated rings. The molecule has 3 heteroatoms. The summed E-state index contributed by atoms with van der Waals surface area (Å²) in [5.41, 5.74) is 0. The van der Waals surface area contributed by atoms with E-state index in [2.05, 4.69) is 20.8 Å². The Morgan fingerprint density at radius 1 is 0.739 bits per heavy atom. The van der Waals surface area contributed by atoms with Gasteiger partial charge in [-0.2, -0.15) is 0 Å². The number of aliphatic hydroxyl groups is 1. The molecule has 0 aromatic rings. The number of hydrogen-bond acceptors (Lipinski definition) is 3. The predicted octanol–water partition coefficient (Wildman–Crippen LogP) is 5.35. The molecule has 0 amide bonds. The van der Waals surface area contributed by atoms with E-state index in [-0.39, 0.29) is 6.61 Å². The maximum atomic E-state index is 8.72. The highest BCUT2D eigenvalue weighted by Crippen LogP contribution is 2.22. The molecule has 0 aliphatic heterocycles. The van der Waals surface area contributed by atoms with E-state index in [1.807, 2.05) is 0 Å². The molecule has 140 valence electrons. The molecule has 2 atom stereocenters. The molecule has 3 nitrogen and oxygen atoms in total. The summed E-state index contributed by atoms with van der Waals surface area (Å²) in [4.78, 5) is 0. The minimum absolute atomic E-state index is 0.0933. The average molecular weight is 331 g/mol. The third-order valence-corrected chi connectivity index (χ3v) is 4.64. The Hall–Kier alpha value is -0.120. The molecule has 0 radical (unpaired) electrons. The highest BCUT2D eigenvalue weighted by atomic mass is 16.5. The summed E-state index contributed by atoms with van der Waals surface area (Å²) >= 11 is 0. The Morgan fingerprint density at radius 3 is 2.17 bits per heavy atom. The molecule has 2 unspecified atom stereocenters. The van der Waals surface area contributed by atoms with Crippen molar-refractivity contribution in [3.63, 3.8) is 0 Å². The Kier molecular flexibility index (Phi) is 18.1. The molecule has 0 aliphatic rings. The van der Waals surface area contributed by atoms with Gasteiger partial charge in [0.1, 0.15) is 0 Å². The molecule has 0 aromatic heterocycles. The van der Waals surface area contributed by atoms with Gasteiger partial charge in [-0.3, -0.25) is 0 Å². The molecule has 1 N–H and O–H groups in total. The lowest BCUT2D eigenvalue weighted by Crippen LogP contribution is -2.18. The van der Waals surface area contributed by atoms with Gasteiger partial charge in [0.2, 0.25) is 0 Å². The first-order valence-corrected chi connectivity index (χ1v) is 10.1. The Morgan fingerprint density at radius 2 is 1.52 bits per heavy atom. The van der Waals surface area contributed by atoms with E-state index >= 15 is 0 Å². The number of ether oxygens (including phenoxy) is 2. The van der Waals surface area contributed by atoms with Gasteiger partial charge in [-0.1, -0.05) is 72.1 Å². The first kappa shape index (κ1) is 22.9. The van der Waals surface area contributed by atoms with Crippen molar-refractivity contribution in [1.29, 1.82) is 0 Å². The maximum Gasteiger partial charge on any atom is 0.0704 e. The summed E-state index contributed by atoms with van der Waals surface area (Å²) in [6, 6.07) is 0. The van der Waals surface area contributed by atoms with Crippen LogP contribution in [0.15, 0.2) is 0 Å². The molecular formula is C20H42O3. The van der Waals surface area contributed by atoms with E-state index < -0.39 is 0 Å². The van der Waals surface area contributed by atoms with Crippen molar-refractivity contribution in [1.82, 2.24) is 0 Å². The highest BCUT2D eigenvalue weighted by molar-refractivity contribution is 4.65. The monoisotopic (exact) mass is 330 g/mol. The van der Waals surface area contributed by atoms with Crippen LogP contribution in [0.5, 0.6) is 0 Å². The number of rotatable bonds is 18. The number of hydrogen-bond donors (Lipinski definition) is 1. The second-order valence-electron chi connectivity index (χ2n) is 6.67. The zero-order valence-corrected chi connectivity index (χ0v) is 16.0. The van der Waals surface area contributed by atoms with Crippen molar-refractivity contribution < 1.29 is 14.6 Å². The van der Waals surface area contributed by atoms with Gasteiger partial charge in [0.15, 0.2) is 0 Å². The van der Waals surface area contributed by atoms with Crippen molar-refractivity contribution in [3.8, 4) is 0 Å². The molecule has 0 saturated carbocycles. The van der Waals surface area contributed by atoms with E-state index in [0.717, 1.165) is 5.92 Å². The SMILES string of the molecule is CCCCCCC(CCC(CC)CCCC)OCCOCCO. The Labute approximate surface area is 145 Å². The lowest BCUT2D eigenvalue weighted by Gasteiger charge is -2.21. The smallest absolute Gasteiger partial charge is 0.0704 e. The second kappa shape index (κ2) is 18.2. The fourth-order valence-corrected chi connectivity index (χ4v) is 3.02. The zero-order chi connectivity index (χ0) is 17.2. The lowest BCUT2D eigenvalue weighted by molar-refractivity contribution is -0.0115. The normalized spacial score (nSPS) is 14.1. The van der Waals surface area contributed by atoms with Gasteiger partial charge in [0.05, 0.1) is 32.5 Å². The van der Waals surface area contributed by atoms with Crippen molar-refractivity contribution in [3.05, 3.63) is 0 Å². The first-order valence-electron chi connectivity index (χ1n) is 10.1. The van der Waals surface area contributed by atoms with Crippen molar-refractivity contribution in [2.45, 2.75) is 97.5 Å². The van der Waals surface area contributed by atoms with E-state index in [1.54, 1.807) is 0 Å². The summed E-state index contributed by atoms with van der Waals surface area (Å²) < 4.78 is 11.4. The van der Waals surface area contributed by atoms with Gasteiger partial charge in [-0.05, 0) is 25.2 Å². The molecule has 0 heterocycles. The van der Waals surface area contributed by atoms with Gasteiger partial charge in [0.25, 0.3) is 0 Å². The van der Waals surface area contributed by atoms with E-state index in [0.29, 0.717) is 25.9 Å². The second-order valence-corrected chi connectivity index (χ2v) is 6.67. The molecule has 0 aromatic carbocycles. The Balaban J connectivity index is 4.02. The first-order chi connectivity index (χ1) is 11.3. The average Bonchev–Trinajstić information content (AvgIpc) is 2.57. The summed E-state index contributed by atoms with van der Waals surface area (Å²) in [6.07, 6.45) is 14.6. The van der Waals surface area contributed by atoms with Crippen LogP contribution in [0.3, 0.4) is 0 Å². The number of aliphatic hydroxyl groups excluding tert-OH is 1. The summed E-state index contributed by atoms with van der Waals surface area (Å²) in [7, 11) is 0. The molecule has 23 heavy (non-hydrogen) atoms. The van der Waals surface area contributed by atoms with Crippen LogP contribution in [0, 0.1) is 5.92 Å². The van der Waals surface area contributed by atoms with Crippen molar-refractivity contribution in [2.24, 2.45) is 5.92 Å². The van der Waals surface area contributed by atoms with Crippen LogP contribution in [0.2, 0.25) is 0 Å². The maximum absolute atomic E-state index is 8.72. The molecule has 0 bridgehead atoms. The fraction of sp³-hybridized carbons (Fsp3) is 1.00. The van der Waals surface area contributed by atoms with E-state index in [1.165, 1.54) is 70.6 Å². The minimum Gasteiger partial charge on any atom is -0.394 e. The van der Waals surface area contributed by atoms with Crippen molar-refractivity contribution >= 4 is 0 Å². The van der Waals surface area contributed by atoms with Crippen LogP contribution in [0.1, 0.15) is 91.4 Å². The molecule has 0 rings (SSSR count). The summed E-state index contributed by atoms with van der Waals surface area (Å²) in [6.45, 7) is 8.61. The predicted molar refractivity (Wildman–Crippen MR) is 98.9 cm³/mol. The molecule has 0 spiro atoms. The molecule has 0 aliphatic carbocycles. The van der Waals surface area contributed by atoms with Gasteiger partial charge >= 0.3 is 0 Å². The topological polar surface area (TPSA) is 38.7 Å². The highest BCUT2D eigenvalue weighted by Gasteiger charge is 2.13. The van der Waals surface area contributed by atoms with Crippen LogP contribution in [-0.4, -0.2) is 37.6 Å². The van der Waals surface area contributed by atoms with Gasteiger partial charge in [-0.15, -0.1) is 0 Å². The fourth-order valence-electron chi connectivity index (χ4n) is 3.02. The third kappa shape index (κ3) is 15.2. The van der Waals surface area contributed by atoms with E-state index in [9.17, 15) is 0 Å². The van der Waals surface area contributed by atoms with Crippen LogP contribution in [0.4, 0.5) is 0 Å². The summed E-state index contributed by atoms with van der Waals surface area (Å²) in [5.74, 6) is 0.863. The third-order valence-electron chi connectivity index (χ3n) is 4.64. The Bertz CT molecular complexity index is 221. The van der Waals surface area contributed by atoms with Gasteiger partial charge in [0, 0.05) is 0 Å². The lowest BCUT2D eigenvalue weighted by atomic mass is 9.92. The van der Waals surface area contributed by atoms with Gasteiger partial charge < -0.3 is 14.6 Å². The van der Waals surface area contributed by atoms with E-state index in [4.69, 9.17) is 14.6 Å². The van der Waals surface area contributed by atoms with Crippen LogP contribution < -0.4 is 0 Å². The zero-order valence-electron chi connectivity index (χ0n) is 16.0. The van der Waals surface area contributed by atoms with Crippen LogP contribution in [-0.2, 0) is 9.47 Å². The summed E-state index contributed by atoms with van der Waals surface area (Å²) in [5, 5.41) is 8.72. The largest absolute Gasteiger partial charge is 0.394 e. The van der Waals surface area contributed by atoms with Gasteiger partial charge in [-0.25, -0.2) is 0 Å².